The molecule has 0 amide bonds. The summed E-state index contributed by atoms with van der Waals surface area (Å²) in [6, 6.07) is 6.17. The Hall–Kier alpha value is -1.27. The van der Waals surface area contributed by atoms with Gasteiger partial charge in [-0.25, -0.2) is 0 Å². The normalized spacial score (nSPS) is 12.1. The molecule has 1 aromatic rings. The van der Waals surface area contributed by atoms with Crippen molar-refractivity contribution in [1.82, 2.24) is 0 Å². The molecule has 0 aliphatic carbocycles. The first kappa shape index (κ1) is 10.8. The molecular weight excluding hydrogens is 192 g/mol. The average Bonchev–Trinajstić information content (AvgIpc) is 2.60. The summed E-state index contributed by atoms with van der Waals surface area (Å²) < 4.78 is 0. The molecule has 0 aliphatic heterocycles. The monoisotopic (exact) mass is 206 g/mol. The summed E-state index contributed by atoms with van der Waals surface area (Å²) in [6.45, 7) is 4.08. The molecule has 1 aromatic heterocycles. The number of rotatable bonds is 3. The molecule has 0 atom stereocenters. The minimum absolute atomic E-state index is 0.646. The van der Waals surface area contributed by atoms with Crippen LogP contribution in [0.2, 0.25) is 0 Å². The van der Waals surface area contributed by atoms with Gasteiger partial charge in [-0.05, 0) is 25.5 Å². The molecule has 2 N–H and O–H groups in total. The van der Waals surface area contributed by atoms with Gasteiger partial charge in [-0.3, -0.25) is 0 Å². The van der Waals surface area contributed by atoms with Gasteiger partial charge >= 0.3 is 0 Å². The van der Waals surface area contributed by atoms with E-state index in [1.807, 2.05) is 26.0 Å². The number of hydrogen-bond donors (Lipinski definition) is 1. The zero-order chi connectivity index (χ0) is 10.6. The molecular formula is C11H14N2S. The molecule has 0 saturated heterocycles. The highest BCUT2D eigenvalue weighted by atomic mass is 32.1. The Morgan fingerprint density at radius 3 is 2.71 bits per heavy atom. The summed E-state index contributed by atoms with van der Waals surface area (Å²) in [5, 5.41) is 8.91. The molecule has 0 bridgehead atoms. The number of nitrogens with two attached hydrogens (primary N) is 1. The first-order valence-electron chi connectivity index (χ1n) is 4.64. The molecule has 0 spiro atoms. The van der Waals surface area contributed by atoms with Crippen molar-refractivity contribution in [2.75, 3.05) is 0 Å². The van der Waals surface area contributed by atoms with E-state index in [1.54, 1.807) is 11.3 Å². The van der Waals surface area contributed by atoms with Crippen molar-refractivity contribution in [1.29, 1.82) is 5.26 Å². The number of nitrogens with zero attached hydrogens (tertiary/aromatic N) is 1. The second-order valence-electron chi connectivity index (χ2n) is 3.16. The van der Waals surface area contributed by atoms with Gasteiger partial charge in [0.1, 0.15) is 0 Å². The molecule has 3 heteroatoms. The van der Waals surface area contributed by atoms with Crippen LogP contribution in [-0.4, -0.2) is 0 Å². The summed E-state index contributed by atoms with van der Waals surface area (Å²) in [5.74, 6) is 0. The molecule has 0 saturated carbocycles. The fourth-order valence-electron chi connectivity index (χ4n) is 1.23. The van der Waals surface area contributed by atoms with E-state index < -0.39 is 0 Å². The number of hydrogen-bond acceptors (Lipinski definition) is 3. The maximum Gasteiger partial charge on any atom is 0.0969 e. The minimum atomic E-state index is 0.646. The Kier molecular flexibility index (Phi) is 3.73. The topological polar surface area (TPSA) is 49.8 Å². The van der Waals surface area contributed by atoms with E-state index >= 15 is 0 Å². The van der Waals surface area contributed by atoms with Gasteiger partial charge in [0.05, 0.1) is 22.2 Å². The van der Waals surface area contributed by atoms with E-state index in [0.29, 0.717) is 11.3 Å². The predicted octanol–water partition coefficient (Wildman–Crippen LogP) is 3.05. The lowest BCUT2D eigenvalue weighted by molar-refractivity contribution is 0.929. The molecule has 74 valence electrons. The Morgan fingerprint density at radius 2 is 2.29 bits per heavy atom. The first-order chi connectivity index (χ1) is 6.69. The minimum Gasteiger partial charge on any atom is -0.397 e. The predicted molar refractivity (Wildman–Crippen MR) is 60.7 cm³/mol. The third kappa shape index (κ3) is 2.36. The van der Waals surface area contributed by atoms with E-state index in [-0.39, 0.29) is 0 Å². The molecule has 0 aromatic carbocycles. The van der Waals surface area contributed by atoms with Crippen molar-refractivity contribution in [3.8, 4) is 6.07 Å². The van der Waals surface area contributed by atoms with Crippen LogP contribution in [0.3, 0.4) is 0 Å². The van der Waals surface area contributed by atoms with Gasteiger partial charge in [0, 0.05) is 4.88 Å². The molecule has 1 rings (SSSR count). The van der Waals surface area contributed by atoms with Crippen molar-refractivity contribution in [2.45, 2.75) is 26.7 Å². The van der Waals surface area contributed by atoms with Crippen molar-refractivity contribution in [2.24, 2.45) is 5.73 Å². The number of nitriles is 1. The van der Waals surface area contributed by atoms with Crippen LogP contribution in [0.15, 0.2) is 17.7 Å². The average molecular weight is 206 g/mol. The van der Waals surface area contributed by atoms with Crippen LogP contribution in [0.1, 0.15) is 29.5 Å². The maximum atomic E-state index is 8.91. The molecule has 0 radical (unpaired) electrons. The Labute approximate surface area is 88.7 Å². The third-order valence-electron chi connectivity index (χ3n) is 1.97. The summed E-state index contributed by atoms with van der Waals surface area (Å²) in [7, 11) is 0. The van der Waals surface area contributed by atoms with Crippen molar-refractivity contribution >= 4 is 17.0 Å². The molecule has 14 heavy (non-hydrogen) atoms. The van der Waals surface area contributed by atoms with E-state index in [9.17, 15) is 0 Å². The number of aryl methyl sites for hydroxylation is 1. The standard InChI is InChI=1S/C11H14N2S/c1-3-4-9(7-12)11(13)10-6-5-8(2)14-10/h5-6H,3-4,13H2,1-2H3/b11-9-. The molecule has 0 fully saturated rings. The van der Waals surface area contributed by atoms with Crippen molar-refractivity contribution in [3.05, 3.63) is 27.5 Å². The summed E-state index contributed by atoms with van der Waals surface area (Å²) in [5.41, 5.74) is 7.27. The highest BCUT2D eigenvalue weighted by Crippen LogP contribution is 2.24. The fourth-order valence-corrected chi connectivity index (χ4v) is 2.08. The van der Waals surface area contributed by atoms with Gasteiger partial charge < -0.3 is 5.73 Å². The van der Waals surface area contributed by atoms with Crippen LogP contribution >= 0.6 is 11.3 Å². The van der Waals surface area contributed by atoms with Gasteiger partial charge in [0.15, 0.2) is 0 Å². The molecule has 2 nitrogen and oxygen atoms in total. The van der Waals surface area contributed by atoms with Gasteiger partial charge in [-0.15, -0.1) is 11.3 Å². The van der Waals surface area contributed by atoms with E-state index in [1.165, 1.54) is 4.88 Å². The SMILES string of the molecule is CCC/C(C#N)=C(/N)c1ccc(C)s1. The summed E-state index contributed by atoms with van der Waals surface area (Å²) in [4.78, 5) is 2.23. The van der Waals surface area contributed by atoms with Gasteiger partial charge in [0.25, 0.3) is 0 Å². The quantitative estimate of drug-likeness (QED) is 0.773. The van der Waals surface area contributed by atoms with Crippen molar-refractivity contribution in [3.63, 3.8) is 0 Å². The second-order valence-corrected chi connectivity index (χ2v) is 4.45. The Morgan fingerprint density at radius 1 is 1.57 bits per heavy atom. The summed E-state index contributed by atoms with van der Waals surface area (Å²) >= 11 is 1.63. The van der Waals surface area contributed by atoms with Gasteiger partial charge in [0.2, 0.25) is 0 Å². The molecule has 1 heterocycles. The van der Waals surface area contributed by atoms with Crippen molar-refractivity contribution < 1.29 is 0 Å². The highest BCUT2D eigenvalue weighted by Gasteiger charge is 2.06. The van der Waals surface area contributed by atoms with E-state index in [0.717, 1.165) is 17.7 Å². The third-order valence-corrected chi connectivity index (χ3v) is 3.00. The van der Waals surface area contributed by atoms with Crippen LogP contribution in [-0.2, 0) is 0 Å². The molecule has 0 aliphatic rings. The van der Waals surface area contributed by atoms with E-state index in [2.05, 4.69) is 6.07 Å². The van der Waals surface area contributed by atoms with E-state index in [4.69, 9.17) is 11.0 Å². The summed E-state index contributed by atoms with van der Waals surface area (Å²) in [6.07, 6.45) is 1.72. The van der Waals surface area contributed by atoms with Crippen LogP contribution in [0.4, 0.5) is 0 Å². The Bertz CT molecular complexity index is 382. The molecule has 0 unspecified atom stereocenters. The second kappa shape index (κ2) is 4.83. The van der Waals surface area contributed by atoms with Crippen LogP contribution in [0.25, 0.3) is 5.70 Å². The van der Waals surface area contributed by atoms with Gasteiger partial charge in [-0.2, -0.15) is 5.26 Å². The fraction of sp³-hybridized carbons (Fsp3) is 0.364. The maximum absolute atomic E-state index is 8.91. The number of allylic oxidation sites excluding steroid dienone is 1. The number of thiophene rings is 1. The zero-order valence-electron chi connectivity index (χ0n) is 8.50. The zero-order valence-corrected chi connectivity index (χ0v) is 9.32. The van der Waals surface area contributed by atoms with Crippen LogP contribution in [0.5, 0.6) is 0 Å². The largest absolute Gasteiger partial charge is 0.397 e. The lowest BCUT2D eigenvalue weighted by atomic mass is 10.1. The lowest BCUT2D eigenvalue weighted by Crippen LogP contribution is -1.98. The first-order valence-corrected chi connectivity index (χ1v) is 5.46. The Balaban J connectivity index is 3.02. The highest BCUT2D eigenvalue weighted by molar-refractivity contribution is 7.13. The van der Waals surface area contributed by atoms with Crippen LogP contribution in [0, 0.1) is 18.3 Å². The smallest absolute Gasteiger partial charge is 0.0969 e. The lowest BCUT2D eigenvalue weighted by Gasteiger charge is -2.01. The van der Waals surface area contributed by atoms with Crippen LogP contribution < -0.4 is 5.73 Å². The van der Waals surface area contributed by atoms with Gasteiger partial charge in [-0.1, -0.05) is 13.3 Å².